The minimum atomic E-state index is 0.201. The van der Waals surface area contributed by atoms with Gasteiger partial charge in [-0.25, -0.2) is 4.99 Å². The number of rotatable bonds is 6. The molecule has 18 heavy (non-hydrogen) atoms. The van der Waals surface area contributed by atoms with Crippen molar-refractivity contribution in [3.05, 3.63) is 11.8 Å². The van der Waals surface area contributed by atoms with Crippen molar-refractivity contribution in [2.75, 3.05) is 0 Å². The number of aliphatic imine (C=N–C) groups is 1. The fourth-order valence-corrected chi connectivity index (χ4v) is 2.01. The lowest BCUT2D eigenvalue weighted by atomic mass is 9.79. The van der Waals surface area contributed by atoms with Gasteiger partial charge < -0.3 is 4.74 Å². The molecule has 2 unspecified atom stereocenters. The summed E-state index contributed by atoms with van der Waals surface area (Å²) < 4.78 is 5.60. The van der Waals surface area contributed by atoms with Crippen molar-refractivity contribution >= 4 is 6.40 Å². The van der Waals surface area contributed by atoms with Crippen LogP contribution in [-0.4, -0.2) is 12.5 Å². The van der Waals surface area contributed by atoms with Crippen LogP contribution in [0.5, 0.6) is 0 Å². The molecule has 1 aliphatic rings. The summed E-state index contributed by atoms with van der Waals surface area (Å²) in [5.74, 6) is 0.707. The second-order valence-electron chi connectivity index (χ2n) is 6.47. The third kappa shape index (κ3) is 4.83. The summed E-state index contributed by atoms with van der Waals surface area (Å²) in [7, 11) is 0. The van der Waals surface area contributed by atoms with Crippen LogP contribution in [0.2, 0.25) is 0 Å². The molecule has 1 rings (SSSR count). The first-order valence-electron chi connectivity index (χ1n) is 7.33. The SMILES string of the molecule is CCCC/C=C1/N=COC1CCC(C)C(C)(C)C. The number of hydrogen-bond donors (Lipinski definition) is 0. The van der Waals surface area contributed by atoms with Gasteiger partial charge in [0.15, 0.2) is 6.40 Å². The fraction of sp³-hybridized carbons (Fsp3) is 0.812. The molecule has 0 aromatic carbocycles. The molecule has 2 atom stereocenters. The lowest BCUT2D eigenvalue weighted by Crippen LogP contribution is -2.20. The topological polar surface area (TPSA) is 21.6 Å². The third-order valence-corrected chi connectivity index (χ3v) is 4.01. The van der Waals surface area contributed by atoms with Crippen LogP contribution >= 0.6 is 0 Å². The molecule has 0 aromatic heterocycles. The molecule has 0 radical (unpaired) electrons. The van der Waals surface area contributed by atoms with Crippen molar-refractivity contribution in [1.29, 1.82) is 0 Å². The summed E-state index contributed by atoms with van der Waals surface area (Å²) in [5, 5.41) is 0. The molecule has 0 bridgehead atoms. The van der Waals surface area contributed by atoms with E-state index in [0.29, 0.717) is 11.3 Å². The van der Waals surface area contributed by atoms with Crippen molar-refractivity contribution in [2.45, 2.75) is 72.8 Å². The van der Waals surface area contributed by atoms with Crippen LogP contribution in [0.4, 0.5) is 0 Å². The quantitative estimate of drug-likeness (QED) is 0.612. The number of ether oxygens (including phenoxy) is 1. The first kappa shape index (κ1) is 15.3. The second-order valence-corrected chi connectivity index (χ2v) is 6.47. The lowest BCUT2D eigenvalue weighted by Gasteiger charge is -2.28. The van der Waals surface area contributed by atoms with Gasteiger partial charge in [-0.05, 0) is 30.6 Å². The predicted molar refractivity (Wildman–Crippen MR) is 78.8 cm³/mol. The maximum atomic E-state index is 5.60. The predicted octanol–water partition coefficient (Wildman–Crippen LogP) is 4.95. The van der Waals surface area contributed by atoms with Crippen molar-refractivity contribution in [2.24, 2.45) is 16.3 Å². The minimum Gasteiger partial charge on any atom is -0.474 e. The summed E-state index contributed by atoms with van der Waals surface area (Å²) in [6.45, 7) is 11.5. The Morgan fingerprint density at radius 1 is 1.44 bits per heavy atom. The van der Waals surface area contributed by atoms with Crippen molar-refractivity contribution in [1.82, 2.24) is 0 Å². The highest BCUT2D eigenvalue weighted by Gasteiger charge is 2.24. The average Bonchev–Trinajstić information content (AvgIpc) is 2.72. The fourth-order valence-electron chi connectivity index (χ4n) is 2.01. The van der Waals surface area contributed by atoms with E-state index in [1.807, 2.05) is 0 Å². The van der Waals surface area contributed by atoms with Crippen LogP contribution in [-0.2, 0) is 4.74 Å². The Bertz CT molecular complexity index is 299. The molecule has 1 heterocycles. The van der Waals surface area contributed by atoms with Gasteiger partial charge in [0.05, 0.1) is 5.70 Å². The van der Waals surface area contributed by atoms with Crippen molar-refractivity contribution in [3.63, 3.8) is 0 Å². The Labute approximate surface area is 113 Å². The van der Waals surface area contributed by atoms with E-state index in [1.165, 1.54) is 19.3 Å². The number of allylic oxidation sites excluding steroid dienone is 1. The van der Waals surface area contributed by atoms with Crippen LogP contribution in [0.25, 0.3) is 0 Å². The Morgan fingerprint density at radius 2 is 2.17 bits per heavy atom. The molecule has 0 amide bonds. The lowest BCUT2D eigenvalue weighted by molar-refractivity contribution is 0.190. The number of hydrogen-bond acceptors (Lipinski definition) is 2. The molecule has 0 fully saturated rings. The van der Waals surface area contributed by atoms with Gasteiger partial charge in [-0.15, -0.1) is 0 Å². The van der Waals surface area contributed by atoms with Crippen LogP contribution in [0.1, 0.15) is 66.7 Å². The highest BCUT2D eigenvalue weighted by atomic mass is 16.5. The first-order chi connectivity index (χ1) is 8.45. The summed E-state index contributed by atoms with van der Waals surface area (Å²) in [5.41, 5.74) is 1.52. The first-order valence-corrected chi connectivity index (χ1v) is 7.33. The second kappa shape index (κ2) is 6.96. The van der Waals surface area contributed by atoms with Crippen LogP contribution in [0.15, 0.2) is 16.8 Å². The molecule has 0 N–H and O–H groups in total. The van der Waals surface area contributed by atoms with E-state index in [2.05, 4.69) is 45.7 Å². The van der Waals surface area contributed by atoms with Crippen LogP contribution < -0.4 is 0 Å². The van der Waals surface area contributed by atoms with Gasteiger partial charge in [0.2, 0.25) is 0 Å². The normalized spacial score (nSPS) is 23.4. The summed E-state index contributed by atoms with van der Waals surface area (Å²) >= 11 is 0. The maximum absolute atomic E-state index is 5.60. The Hall–Kier alpha value is -0.790. The number of nitrogens with zero attached hydrogens (tertiary/aromatic N) is 1. The molecular weight excluding hydrogens is 222 g/mol. The molecule has 0 spiro atoms. The van der Waals surface area contributed by atoms with E-state index in [9.17, 15) is 0 Å². The van der Waals surface area contributed by atoms with Gasteiger partial charge in [-0.1, -0.05) is 53.5 Å². The Kier molecular flexibility index (Phi) is 5.90. The van der Waals surface area contributed by atoms with Crippen molar-refractivity contribution < 1.29 is 4.74 Å². The average molecular weight is 251 g/mol. The third-order valence-electron chi connectivity index (χ3n) is 4.01. The zero-order valence-electron chi connectivity index (χ0n) is 12.7. The van der Waals surface area contributed by atoms with E-state index in [0.717, 1.165) is 18.5 Å². The summed E-state index contributed by atoms with van der Waals surface area (Å²) in [6.07, 6.45) is 9.94. The van der Waals surface area contributed by atoms with Crippen molar-refractivity contribution in [3.8, 4) is 0 Å². The monoisotopic (exact) mass is 251 g/mol. The maximum Gasteiger partial charge on any atom is 0.175 e. The molecular formula is C16H29NO. The van der Waals surface area contributed by atoms with E-state index in [-0.39, 0.29) is 6.10 Å². The van der Waals surface area contributed by atoms with Gasteiger partial charge in [-0.3, -0.25) is 0 Å². The molecule has 2 nitrogen and oxygen atoms in total. The molecule has 1 aliphatic heterocycles. The minimum absolute atomic E-state index is 0.201. The highest BCUT2D eigenvalue weighted by Crippen LogP contribution is 2.31. The Balaban J connectivity index is 2.40. The van der Waals surface area contributed by atoms with Crippen LogP contribution in [0, 0.1) is 11.3 Å². The van der Waals surface area contributed by atoms with Gasteiger partial charge in [0.1, 0.15) is 6.10 Å². The van der Waals surface area contributed by atoms with E-state index in [4.69, 9.17) is 4.74 Å². The van der Waals surface area contributed by atoms with E-state index < -0.39 is 0 Å². The highest BCUT2D eigenvalue weighted by molar-refractivity contribution is 5.53. The Morgan fingerprint density at radius 3 is 2.78 bits per heavy atom. The molecule has 0 saturated carbocycles. The molecule has 2 heteroatoms. The molecule has 0 saturated heterocycles. The standard InChI is InChI=1S/C16H29NO/c1-6-7-8-9-14-15(18-12-17-14)11-10-13(2)16(3,4)5/h9,12-13,15H,6-8,10-11H2,1-5H3/b14-9+. The summed E-state index contributed by atoms with van der Waals surface area (Å²) in [4.78, 5) is 4.34. The summed E-state index contributed by atoms with van der Waals surface area (Å²) in [6, 6.07) is 0. The van der Waals surface area contributed by atoms with Gasteiger partial charge in [0.25, 0.3) is 0 Å². The van der Waals surface area contributed by atoms with E-state index in [1.54, 1.807) is 6.40 Å². The molecule has 0 aromatic rings. The van der Waals surface area contributed by atoms with Gasteiger partial charge >= 0.3 is 0 Å². The number of unbranched alkanes of at least 4 members (excludes halogenated alkanes) is 2. The van der Waals surface area contributed by atoms with E-state index >= 15 is 0 Å². The zero-order valence-corrected chi connectivity index (χ0v) is 12.7. The van der Waals surface area contributed by atoms with Crippen LogP contribution in [0.3, 0.4) is 0 Å². The molecule has 0 aliphatic carbocycles. The van der Waals surface area contributed by atoms with Gasteiger partial charge in [-0.2, -0.15) is 0 Å². The largest absolute Gasteiger partial charge is 0.474 e. The molecule has 104 valence electrons. The van der Waals surface area contributed by atoms with Gasteiger partial charge in [0, 0.05) is 0 Å². The smallest absolute Gasteiger partial charge is 0.175 e. The zero-order chi connectivity index (χ0) is 13.6.